The Bertz CT molecular complexity index is 814. The number of rotatable bonds is 3. The number of nitrogens with two attached hydrogens (primary N) is 1. The molecule has 0 fully saturated rings. The van der Waals surface area contributed by atoms with Crippen molar-refractivity contribution in [2.24, 2.45) is 5.73 Å². The number of amides is 1. The van der Waals surface area contributed by atoms with Gasteiger partial charge in [-0.3, -0.25) is 4.79 Å². The Labute approximate surface area is 133 Å². The molecule has 1 aromatic heterocycles. The first-order valence-electron chi connectivity index (χ1n) is 6.77. The van der Waals surface area contributed by atoms with Crippen molar-refractivity contribution < 1.29 is 4.79 Å². The molecule has 0 unspecified atom stereocenters. The van der Waals surface area contributed by atoms with Gasteiger partial charge < -0.3 is 5.73 Å². The van der Waals surface area contributed by atoms with Crippen molar-refractivity contribution in [3.8, 4) is 22.5 Å². The molecule has 108 valence electrons. The Kier molecular flexibility index (Phi) is 3.90. The second-order valence-electron chi connectivity index (χ2n) is 4.83. The van der Waals surface area contributed by atoms with E-state index in [9.17, 15) is 4.79 Å². The Morgan fingerprint density at radius 2 is 1.55 bits per heavy atom. The fourth-order valence-corrected chi connectivity index (χ4v) is 2.38. The lowest BCUT2D eigenvalue weighted by molar-refractivity contribution is 0.100. The second-order valence-corrected chi connectivity index (χ2v) is 5.27. The Morgan fingerprint density at radius 3 is 2.18 bits per heavy atom. The van der Waals surface area contributed by atoms with Gasteiger partial charge in [0.05, 0.1) is 17.0 Å². The second kappa shape index (κ2) is 6.00. The molecule has 1 amide bonds. The highest BCUT2D eigenvalue weighted by Crippen LogP contribution is 2.27. The van der Waals surface area contributed by atoms with Gasteiger partial charge in [-0.25, -0.2) is 4.98 Å². The number of primary amides is 1. The molecular weight excluding hydrogens is 296 g/mol. The minimum Gasteiger partial charge on any atom is -0.366 e. The zero-order valence-corrected chi connectivity index (χ0v) is 12.4. The van der Waals surface area contributed by atoms with Crippen molar-refractivity contribution in [1.82, 2.24) is 4.98 Å². The van der Waals surface area contributed by atoms with Crippen LogP contribution in [-0.4, -0.2) is 10.9 Å². The normalized spacial score (nSPS) is 10.4. The SMILES string of the molecule is NC(=O)c1ccc(-c2ccccc2)nc1-c1ccc(Cl)cc1. The summed E-state index contributed by atoms with van der Waals surface area (Å²) in [6.07, 6.45) is 0. The van der Waals surface area contributed by atoms with Gasteiger partial charge in [0.1, 0.15) is 0 Å². The van der Waals surface area contributed by atoms with E-state index < -0.39 is 5.91 Å². The molecule has 0 aliphatic rings. The standard InChI is InChI=1S/C18H13ClN2O/c19-14-8-6-13(7-9-14)17-15(18(20)22)10-11-16(21-17)12-4-2-1-3-5-12/h1-11H,(H2,20,22). The van der Waals surface area contributed by atoms with Crippen LogP contribution in [0, 0.1) is 0 Å². The molecule has 0 radical (unpaired) electrons. The molecule has 2 aromatic carbocycles. The van der Waals surface area contributed by atoms with Crippen LogP contribution in [0.3, 0.4) is 0 Å². The van der Waals surface area contributed by atoms with Gasteiger partial charge in [0.2, 0.25) is 0 Å². The van der Waals surface area contributed by atoms with E-state index in [0.29, 0.717) is 16.3 Å². The third-order valence-corrected chi connectivity index (χ3v) is 3.60. The summed E-state index contributed by atoms with van der Waals surface area (Å²) in [7, 11) is 0. The van der Waals surface area contributed by atoms with Crippen LogP contribution in [0.4, 0.5) is 0 Å². The van der Waals surface area contributed by atoms with Crippen molar-refractivity contribution in [3.05, 3.63) is 77.3 Å². The smallest absolute Gasteiger partial charge is 0.250 e. The third-order valence-electron chi connectivity index (χ3n) is 3.35. The van der Waals surface area contributed by atoms with E-state index in [-0.39, 0.29) is 0 Å². The van der Waals surface area contributed by atoms with Gasteiger partial charge >= 0.3 is 0 Å². The first-order valence-corrected chi connectivity index (χ1v) is 7.15. The van der Waals surface area contributed by atoms with Crippen LogP contribution in [-0.2, 0) is 0 Å². The molecule has 0 bridgehead atoms. The minimum absolute atomic E-state index is 0.391. The van der Waals surface area contributed by atoms with Gasteiger partial charge in [0.15, 0.2) is 0 Å². The lowest BCUT2D eigenvalue weighted by Gasteiger charge is -2.09. The summed E-state index contributed by atoms with van der Waals surface area (Å²) >= 11 is 5.92. The van der Waals surface area contributed by atoms with Crippen molar-refractivity contribution in [2.45, 2.75) is 0 Å². The minimum atomic E-state index is -0.503. The molecule has 3 rings (SSSR count). The van der Waals surface area contributed by atoms with Crippen LogP contribution in [0.15, 0.2) is 66.7 Å². The quantitative estimate of drug-likeness (QED) is 0.789. The van der Waals surface area contributed by atoms with E-state index >= 15 is 0 Å². The van der Waals surface area contributed by atoms with E-state index in [4.69, 9.17) is 17.3 Å². The average molecular weight is 309 g/mol. The molecule has 0 aliphatic heterocycles. The van der Waals surface area contributed by atoms with Gasteiger partial charge in [0.25, 0.3) is 5.91 Å². The van der Waals surface area contributed by atoms with E-state index in [1.165, 1.54) is 0 Å². The Balaban J connectivity index is 2.17. The first-order chi connectivity index (χ1) is 10.6. The maximum atomic E-state index is 11.7. The Hall–Kier alpha value is -2.65. The summed E-state index contributed by atoms with van der Waals surface area (Å²) in [5.74, 6) is -0.503. The first kappa shape index (κ1) is 14.3. The third kappa shape index (κ3) is 2.85. The predicted molar refractivity (Wildman–Crippen MR) is 88.6 cm³/mol. The molecule has 3 nitrogen and oxygen atoms in total. The molecule has 0 saturated carbocycles. The number of hydrogen-bond donors (Lipinski definition) is 1. The highest BCUT2D eigenvalue weighted by atomic mass is 35.5. The van der Waals surface area contributed by atoms with Gasteiger partial charge in [-0.15, -0.1) is 0 Å². The fraction of sp³-hybridized carbons (Fsp3) is 0. The van der Waals surface area contributed by atoms with Crippen LogP contribution in [0.2, 0.25) is 5.02 Å². The molecule has 22 heavy (non-hydrogen) atoms. The van der Waals surface area contributed by atoms with Crippen LogP contribution in [0.1, 0.15) is 10.4 Å². The monoisotopic (exact) mass is 308 g/mol. The lowest BCUT2D eigenvalue weighted by atomic mass is 10.0. The molecule has 0 saturated heterocycles. The molecule has 3 aromatic rings. The van der Waals surface area contributed by atoms with Gasteiger partial charge in [0, 0.05) is 16.1 Å². The number of nitrogens with zero attached hydrogens (tertiary/aromatic N) is 1. The number of aromatic nitrogens is 1. The summed E-state index contributed by atoms with van der Waals surface area (Å²) in [5, 5.41) is 0.628. The molecule has 1 heterocycles. The highest BCUT2D eigenvalue weighted by Gasteiger charge is 2.13. The molecule has 4 heteroatoms. The number of halogens is 1. The summed E-state index contributed by atoms with van der Waals surface area (Å²) in [6, 6.07) is 20.5. The van der Waals surface area contributed by atoms with Crippen LogP contribution in [0.5, 0.6) is 0 Å². The van der Waals surface area contributed by atoms with E-state index in [1.54, 1.807) is 24.3 Å². The van der Waals surface area contributed by atoms with Crippen LogP contribution >= 0.6 is 11.6 Å². The number of carbonyl (C=O) groups is 1. The molecule has 0 aliphatic carbocycles. The van der Waals surface area contributed by atoms with E-state index in [0.717, 1.165) is 16.8 Å². The molecule has 0 atom stereocenters. The van der Waals surface area contributed by atoms with Gasteiger partial charge in [-0.2, -0.15) is 0 Å². The Morgan fingerprint density at radius 1 is 0.864 bits per heavy atom. The zero-order valence-electron chi connectivity index (χ0n) is 11.7. The van der Waals surface area contributed by atoms with E-state index in [1.807, 2.05) is 42.5 Å². The number of hydrogen-bond acceptors (Lipinski definition) is 2. The van der Waals surface area contributed by atoms with E-state index in [2.05, 4.69) is 4.98 Å². The molecular formula is C18H13ClN2O. The predicted octanol–water partition coefficient (Wildman–Crippen LogP) is 4.17. The largest absolute Gasteiger partial charge is 0.366 e. The summed E-state index contributed by atoms with van der Waals surface area (Å²) in [4.78, 5) is 16.3. The van der Waals surface area contributed by atoms with Gasteiger partial charge in [-0.05, 0) is 24.3 Å². The lowest BCUT2D eigenvalue weighted by Crippen LogP contribution is -2.13. The van der Waals surface area contributed by atoms with Crippen molar-refractivity contribution in [1.29, 1.82) is 0 Å². The highest BCUT2D eigenvalue weighted by molar-refractivity contribution is 6.30. The zero-order chi connectivity index (χ0) is 15.5. The van der Waals surface area contributed by atoms with Crippen molar-refractivity contribution >= 4 is 17.5 Å². The fourth-order valence-electron chi connectivity index (χ4n) is 2.26. The molecule has 0 spiro atoms. The summed E-state index contributed by atoms with van der Waals surface area (Å²) < 4.78 is 0. The average Bonchev–Trinajstić information content (AvgIpc) is 2.56. The van der Waals surface area contributed by atoms with Crippen LogP contribution < -0.4 is 5.73 Å². The number of pyridine rings is 1. The van der Waals surface area contributed by atoms with Crippen LogP contribution in [0.25, 0.3) is 22.5 Å². The van der Waals surface area contributed by atoms with Crippen molar-refractivity contribution in [3.63, 3.8) is 0 Å². The number of carbonyl (C=O) groups excluding carboxylic acids is 1. The summed E-state index contributed by atoms with van der Waals surface area (Å²) in [6.45, 7) is 0. The molecule has 2 N–H and O–H groups in total. The number of benzene rings is 2. The summed E-state index contributed by atoms with van der Waals surface area (Å²) in [5.41, 5.74) is 8.99. The van der Waals surface area contributed by atoms with Gasteiger partial charge in [-0.1, -0.05) is 54.1 Å². The topological polar surface area (TPSA) is 56.0 Å². The van der Waals surface area contributed by atoms with Crippen molar-refractivity contribution in [2.75, 3.05) is 0 Å². The maximum Gasteiger partial charge on any atom is 0.250 e. The maximum absolute atomic E-state index is 11.7.